The predicted octanol–water partition coefficient (Wildman–Crippen LogP) is 1.97. The summed E-state index contributed by atoms with van der Waals surface area (Å²) in [5.74, 6) is -1.68. The second kappa shape index (κ2) is 9.54. The molecule has 1 saturated heterocycles. The number of rotatable bonds is 7. The van der Waals surface area contributed by atoms with E-state index in [9.17, 15) is 19.2 Å². The molecule has 0 saturated carbocycles. The quantitative estimate of drug-likeness (QED) is 0.670. The third-order valence-electron chi connectivity index (χ3n) is 4.17. The highest BCUT2D eigenvalue weighted by Crippen LogP contribution is 2.13. The number of nitrogens with zero attached hydrogens (tertiary/aromatic N) is 1. The minimum atomic E-state index is -1.14. The van der Waals surface area contributed by atoms with Crippen molar-refractivity contribution in [2.75, 3.05) is 13.1 Å². The molecule has 1 aliphatic heterocycles. The van der Waals surface area contributed by atoms with E-state index in [0.29, 0.717) is 23.6 Å². The Morgan fingerprint density at radius 3 is 2.39 bits per heavy atom. The van der Waals surface area contributed by atoms with Gasteiger partial charge in [-0.3, -0.25) is 14.5 Å². The summed E-state index contributed by atoms with van der Waals surface area (Å²) in [5.41, 5.74) is 0.351. The molecule has 0 aromatic heterocycles. The molecule has 1 heterocycles. The molecule has 2 atom stereocenters. The summed E-state index contributed by atoms with van der Waals surface area (Å²) in [7, 11) is 0. The highest BCUT2D eigenvalue weighted by molar-refractivity contribution is 6.30. The van der Waals surface area contributed by atoms with Gasteiger partial charge in [-0.05, 0) is 43.5 Å². The molecule has 9 heteroatoms. The second-order valence-electron chi connectivity index (χ2n) is 6.96. The number of hydrogen-bond acceptors (Lipinski definition) is 5. The summed E-state index contributed by atoms with van der Waals surface area (Å²) in [5, 5.41) is 5.65. The van der Waals surface area contributed by atoms with Gasteiger partial charge in [0.25, 0.3) is 11.8 Å². The molecule has 0 unspecified atom stereocenters. The van der Waals surface area contributed by atoms with Crippen molar-refractivity contribution in [2.45, 2.75) is 39.3 Å². The van der Waals surface area contributed by atoms with Gasteiger partial charge in [0.1, 0.15) is 6.04 Å². The first-order valence-corrected chi connectivity index (χ1v) is 9.43. The maximum absolute atomic E-state index is 12.6. The van der Waals surface area contributed by atoms with Crippen molar-refractivity contribution in [1.82, 2.24) is 15.5 Å². The average molecular weight is 410 g/mol. The smallest absolute Gasteiger partial charge is 0.329 e. The van der Waals surface area contributed by atoms with Gasteiger partial charge < -0.3 is 15.4 Å². The van der Waals surface area contributed by atoms with Gasteiger partial charge in [0.05, 0.1) is 0 Å². The van der Waals surface area contributed by atoms with Crippen LogP contribution in [-0.4, -0.2) is 54.0 Å². The summed E-state index contributed by atoms with van der Waals surface area (Å²) in [6, 6.07) is 4.82. The first kappa shape index (κ1) is 21.7. The van der Waals surface area contributed by atoms with E-state index in [1.165, 1.54) is 6.92 Å². The molecule has 1 aromatic carbocycles. The monoisotopic (exact) mass is 409 g/mol. The summed E-state index contributed by atoms with van der Waals surface area (Å²) in [6.45, 7) is 5.79. The zero-order chi connectivity index (χ0) is 20.8. The van der Waals surface area contributed by atoms with Gasteiger partial charge in [-0.2, -0.15) is 0 Å². The van der Waals surface area contributed by atoms with E-state index in [2.05, 4.69) is 10.6 Å². The summed E-state index contributed by atoms with van der Waals surface area (Å²) >= 11 is 5.82. The number of carbonyl (C=O) groups is 4. The Kier molecular flexibility index (Phi) is 7.39. The Labute approximate surface area is 168 Å². The maximum atomic E-state index is 12.6. The van der Waals surface area contributed by atoms with Crippen molar-refractivity contribution in [1.29, 1.82) is 0 Å². The number of ether oxygens (including phenoxy) is 1. The number of imide groups is 1. The SMILES string of the molecule is CC(C)C[C@H](NC(=O)c1ccc(Cl)cc1)C(=O)O[C@H](C)C(=O)N1CCNC1=O. The Morgan fingerprint density at radius 1 is 1.21 bits per heavy atom. The topological polar surface area (TPSA) is 105 Å². The van der Waals surface area contributed by atoms with E-state index in [0.717, 1.165) is 4.90 Å². The largest absolute Gasteiger partial charge is 0.451 e. The zero-order valence-electron chi connectivity index (χ0n) is 16.0. The molecule has 0 aliphatic carbocycles. The van der Waals surface area contributed by atoms with Gasteiger partial charge in [-0.15, -0.1) is 0 Å². The van der Waals surface area contributed by atoms with Gasteiger partial charge >= 0.3 is 12.0 Å². The number of amides is 4. The van der Waals surface area contributed by atoms with Gasteiger partial charge in [0.2, 0.25) is 0 Å². The van der Waals surface area contributed by atoms with E-state index in [4.69, 9.17) is 16.3 Å². The summed E-state index contributed by atoms with van der Waals surface area (Å²) in [4.78, 5) is 49.9. The lowest BCUT2D eigenvalue weighted by molar-refractivity contribution is -0.159. The molecule has 152 valence electrons. The van der Waals surface area contributed by atoms with Crippen LogP contribution >= 0.6 is 11.6 Å². The Hall–Kier alpha value is -2.61. The standard InChI is InChI=1S/C19H24ClN3O5/c1-11(2)10-15(22-16(24)13-4-6-14(20)7-5-13)18(26)28-12(3)17(25)23-9-8-21-19(23)27/h4-7,11-12,15H,8-10H2,1-3H3,(H,21,27)(H,22,24)/t12-,15+/m1/s1. The number of benzene rings is 1. The lowest BCUT2D eigenvalue weighted by atomic mass is 10.0. The first-order valence-electron chi connectivity index (χ1n) is 9.05. The van der Waals surface area contributed by atoms with Crippen LogP contribution < -0.4 is 10.6 Å². The molecule has 28 heavy (non-hydrogen) atoms. The minimum absolute atomic E-state index is 0.0958. The maximum Gasteiger partial charge on any atom is 0.329 e. The molecular formula is C19H24ClN3O5. The molecule has 8 nitrogen and oxygen atoms in total. The van der Waals surface area contributed by atoms with E-state index in [1.807, 2.05) is 13.8 Å². The van der Waals surface area contributed by atoms with Gasteiger partial charge in [0.15, 0.2) is 6.10 Å². The molecule has 1 aliphatic rings. The van der Waals surface area contributed by atoms with Crippen molar-refractivity contribution in [2.24, 2.45) is 5.92 Å². The summed E-state index contributed by atoms with van der Waals surface area (Å²) < 4.78 is 5.25. The van der Waals surface area contributed by atoms with Crippen LogP contribution in [0.4, 0.5) is 4.79 Å². The molecule has 4 amide bonds. The molecular weight excluding hydrogens is 386 g/mol. The average Bonchev–Trinajstić information content (AvgIpc) is 3.06. The van der Waals surface area contributed by atoms with Crippen molar-refractivity contribution >= 4 is 35.4 Å². The minimum Gasteiger partial charge on any atom is -0.451 e. The number of carbonyl (C=O) groups excluding carboxylic acids is 4. The molecule has 0 radical (unpaired) electrons. The Balaban J connectivity index is 2.03. The number of urea groups is 1. The summed E-state index contributed by atoms with van der Waals surface area (Å²) in [6.07, 6.45) is -0.804. The van der Waals surface area contributed by atoms with Crippen molar-refractivity contribution in [3.8, 4) is 0 Å². The van der Waals surface area contributed by atoms with E-state index < -0.39 is 36.0 Å². The van der Waals surface area contributed by atoms with Gasteiger partial charge in [-0.25, -0.2) is 9.59 Å². The normalized spacial score (nSPS) is 15.8. The first-order chi connectivity index (χ1) is 13.2. The van der Waals surface area contributed by atoms with Crippen LogP contribution in [0.25, 0.3) is 0 Å². The third kappa shape index (κ3) is 5.69. The fraction of sp³-hybridized carbons (Fsp3) is 0.474. The van der Waals surface area contributed by atoms with Crippen LogP contribution in [-0.2, 0) is 14.3 Å². The number of halogens is 1. The molecule has 0 bridgehead atoms. The van der Waals surface area contributed by atoms with Crippen molar-refractivity contribution in [3.05, 3.63) is 34.9 Å². The van der Waals surface area contributed by atoms with E-state index >= 15 is 0 Å². The second-order valence-corrected chi connectivity index (χ2v) is 7.40. The lowest BCUT2D eigenvalue weighted by Crippen LogP contribution is -2.47. The predicted molar refractivity (Wildman–Crippen MR) is 103 cm³/mol. The van der Waals surface area contributed by atoms with Crippen LogP contribution in [0.5, 0.6) is 0 Å². The molecule has 0 spiro atoms. The lowest BCUT2D eigenvalue weighted by Gasteiger charge is -2.23. The number of nitrogens with one attached hydrogen (secondary N) is 2. The van der Waals surface area contributed by atoms with Gasteiger partial charge in [0, 0.05) is 23.7 Å². The molecule has 1 fully saturated rings. The number of hydrogen-bond donors (Lipinski definition) is 2. The van der Waals surface area contributed by atoms with Crippen LogP contribution in [0.1, 0.15) is 37.6 Å². The van der Waals surface area contributed by atoms with Crippen LogP contribution in [0, 0.1) is 5.92 Å². The highest BCUT2D eigenvalue weighted by Gasteiger charge is 2.33. The highest BCUT2D eigenvalue weighted by atomic mass is 35.5. The fourth-order valence-corrected chi connectivity index (χ4v) is 2.86. The van der Waals surface area contributed by atoms with Crippen LogP contribution in [0.15, 0.2) is 24.3 Å². The molecule has 2 rings (SSSR count). The van der Waals surface area contributed by atoms with Crippen molar-refractivity contribution in [3.63, 3.8) is 0 Å². The van der Waals surface area contributed by atoms with E-state index in [-0.39, 0.29) is 12.5 Å². The third-order valence-corrected chi connectivity index (χ3v) is 4.42. The molecule has 1 aromatic rings. The van der Waals surface area contributed by atoms with E-state index in [1.54, 1.807) is 24.3 Å². The molecule has 2 N–H and O–H groups in total. The zero-order valence-corrected chi connectivity index (χ0v) is 16.8. The van der Waals surface area contributed by atoms with Gasteiger partial charge in [-0.1, -0.05) is 25.4 Å². The number of esters is 1. The van der Waals surface area contributed by atoms with Crippen LogP contribution in [0.3, 0.4) is 0 Å². The fourth-order valence-electron chi connectivity index (χ4n) is 2.74. The Bertz CT molecular complexity index is 750. The van der Waals surface area contributed by atoms with Crippen molar-refractivity contribution < 1.29 is 23.9 Å². The van der Waals surface area contributed by atoms with Crippen LogP contribution in [0.2, 0.25) is 5.02 Å². The Morgan fingerprint density at radius 2 is 1.86 bits per heavy atom.